The van der Waals surface area contributed by atoms with Crippen LogP contribution in [-0.2, 0) is 0 Å². The highest BCUT2D eigenvalue weighted by molar-refractivity contribution is 5.82. The summed E-state index contributed by atoms with van der Waals surface area (Å²) < 4.78 is 13.5. The molecule has 0 fully saturated rings. The van der Waals surface area contributed by atoms with Gasteiger partial charge in [-0.2, -0.15) is 4.98 Å². The molecule has 4 nitrogen and oxygen atoms in total. The van der Waals surface area contributed by atoms with E-state index < -0.39 is 0 Å². The Bertz CT molecular complexity index is 1500. The van der Waals surface area contributed by atoms with Crippen LogP contribution in [0.5, 0.6) is 11.5 Å². The van der Waals surface area contributed by atoms with Crippen LogP contribution in [0.2, 0.25) is 0 Å². The van der Waals surface area contributed by atoms with Crippen molar-refractivity contribution < 1.29 is 9.15 Å². The highest BCUT2D eigenvalue weighted by Crippen LogP contribution is 2.35. The molecule has 4 aromatic carbocycles. The van der Waals surface area contributed by atoms with E-state index in [1.54, 1.807) is 6.26 Å². The number of nitrogens with zero attached hydrogens (tertiary/aromatic N) is 2. The second-order valence-electron chi connectivity index (χ2n) is 7.75. The number of fused-ring (bicyclic) bond motifs is 1. The van der Waals surface area contributed by atoms with Gasteiger partial charge in [0.15, 0.2) is 0 Å². The highest BCUT2D eigenvalue weighted by atomic mass is 16.5. The first-order valence-electron chi connectivity index (χ1n) is 10.8. The normalized spacial score (nSPS) is 11.0. The summed E-state index contributed by atoms with van der Waals surface area (Å²) in [5.41, 5.74) is 6.30. The summed E-state index contributed by atoms with van der Waals surface area (Å²) in [6, 6.07) is 36.7. The molecule has 0 aliphatic rings. The molecular weight excluding hydrogens is 408 g/mol. The van der Waals surface area contributed by atoms with Gasteiger partial charge in [0.05, 0.1) is 5.69 Å². The number of oxazole rings is 1. The maximum absolute atomic E-state index is 5.94. The van der Waals surface area contributed by atoms with E-state index in [2.05, 4.69) is 48.5 Å². The van der Waals surface area contributed by atoms with Gasteiger partial charge < -0.3 is 9.15 Å². The largest absolute Gasteiger partial charge is 0.457 e. The van der Waals surface area contributed by atoms with Crippen LogP contribution in [0.15, 0.2) is 126 Å². The van der Waals surface area contributed by atoms with Crippen LogP contribution in [0.25, 0.3) is 39.5 Å². The van der Waals surface area contributed by atoms with Gasteiger partial charge in [0.2, 0.25) is 0 Å². The molecule has 158 valence electrons. The number of aromatic nitrogens is 2. The van der Waals surface area contributed by atoms with Crippen molar-refractivity contribution >= 4 is 5.84 Å². The number of rotatable bonds is 5. The van der Waals surface area contributed by atoms with E-state index in [-0.39, 0.29) is 0 Å². The molecule has 0 unspecified atom stereocenters. The summed E-state index contributed by atoms with van der Waals surface area (Å²) in [4.78, 5) is 4.77. The lowest BCUT2D eigenvalue weighted by atomic mass is 10.0. The third-order valence-corrected chi connectivity index (χ3v) is 5.63. The molecule has 6 rings (SSSR count). The fourth-order valence-corrected chi connectivity index (χ4v) is 4.02. The second kappa shape index (κ2) is 8.17. The van der Waals surface area contributed by atoms with Crippen molar-refractivity contribution in [2.75, 3.05) is 0 Å². The standard InChI is InChI=1S/C29H20N2O2/c1-3-7-21(8-4-1)22-11-13-24(14-12-22)28-27(30-29-31(28)19-20-32-29)23-15-17-26(18-16-23)33-25-9-5-2-6-10-25/h1-20H. The lowest BCUT2D eigenvalue weighted by Crippen LogP contribution is -1.89. The minimum Gasteiger partial charge on any atom is -0.457 e. The van der Waals surface area contributed by atoms with E-state index in [1.807, 2.05) is 71.3 Å². The third kappa shape index (κ3) is 3.68. The molecule has 0 saturated heterocycles. The fraction of sp³-hybridized carbons (Fsp3) is 0. The van der Waals surface area contributed by atoms with Crippen LogP contribution in [0.3, 0.4) is 0 Å². The molecule has 0 N–H and O–H groups in total. The monoisotopic (exact) mass is 428 g/mol. The average molecular weight is 428 g/mol. The molecule has 0 bridgehead atoms. The Morgan fingerprint density at radius 1 is 0.576 bits per heavy atom. The Labute approximate surface area is 191 Å². The van der Waals surface area contributed by atoms with Crippen molar-refractivity contribution in [2.45, 2.75) is 0 Å². The summed E-state index contributed by atoms with van der Waals surface area (Å²) in [6.45, 7) is 0. The number of benzene rings is 4. The van der Waals surface area contributed by atoms with E-state index in [1.165, 1.54) is 11.1 Å². The van der Waals surface area contributed by atoms with Crippen molar-refractivity contribution in [1.82, 2.24) is 9.38 Å². The van der Waals surface area contributed by atoms with Crippen LogP contribution in [0.1, 0.15) is 0 Å². The quantitative estimate of drug-likeness (QED) is 0.282. The summed E-state index contributed by atoms with van der Waals surface area (Å²) >= 11 is 0. The maximum atomic E-state index is 5.94. The predicted molar refractivity (Wildman–Crippen MR) is 130 cm³/mol. The molecule has 0 aliphatic carbocycles. The van der Waals surface area contributed by atoms with Crippen molar-refractivity contribution in [3.8, 4) is 45.1 Å². The van der Waals surface area contributed by atoms with Gasteiger partial charge in [-0.1, -0.05) is 72.8 Å². The summed E-state index contributed by atoms with van der Waals surface area (Å²) in [6.07, 6.45) is 3.56. The minimum atomic E-state index is 0.566. The van der Waals surface area contributed by atoms with E-state index in [4.69, 9.17) is 14.1 Å². The Kier molecular flexibility index (Phi) is 4.74. The first kappa shape index (κ1) is 19.1. The third-order valence-electron chi connectivity index (χ3n) is 5.63. The lowest BCUT2D eigenvalue weighted by Gasteiger charge is -2.08. The predicted octanol–water partition coefficient (Wildman–Crippen LogP) is 7.72. The van der Waals surface area contributed by atoms with Crippen LogP contribution in [0.4, 0.5) is 0 Å². The molecule has 2 aromatic heterocycles. The Morgan fingerprint density at radius 2 is 1.15 bits per heavy atom. The Morgan fingerprint density at radius 3 is 1.88 bits per heavy atom. The lowest BCUT2D eigenvalue weighted by molar-refractivity contribution is 0.483. The van der Waals surface area contributed by atoms with Crippen LogP contribution < -0.4 is 4.74 Å². The van der Waals surface area contributed by atoms with Gasteiger partial charge in [0.1, 0.15) is 23.5 Å². The minimum absolute atomic E-state index is 0.566. The van der Waals surface area contributed by atoms with Gasteiger partial charge in [0, 0.05) is 17.3 Å². The molecule has 0 amide bonds. The molecule has 0 radical (unpaired) electrons. The SMILES string of the molecule is c1ccc(Oc2ccc(-c3nc4occn4c3-c3ccc(-c4ccccc4)cc3)cc2)cc1. The van der Waals surface area contributed by atoms with Crippen LogP contribution in [-0.4, -0.2) is 9.38 Å². The zero-order chi connectivity index (χ0) is 22.0. The molecule has 0 atom stereocenters. The van der Waals surface area contributed by atoms with E-state index >= 15 is 0 Å². The van der Waals surface area contributed by atoms with E-state index in [9.17, 15) is 0 Å². The Hall–Kier alpha value is -4.57. The smallest absolute Gasteiger partial charge is 0.306 e. The molecule has 4 heteroatoms. The molecule has 2 heterocycles. The van der Waals surface area contributed by atoms with Crippen molar-refractivity contribution in [1.29, 1.82) is 0 Å². The van der Waals surface area contributed by atoms with Gasteiger partial charge in [-0.25, -0.2) is 0 Å². The zero-order valence-corrected chi connectivity index (χ0v) is 17.8. The number of para-hydroxylation sites is 1. The molecule has 0 aliphatic heterocycles. The van der Waals surface area contributed by atoms with Gasteiger partial charge in [-0.05, 0) is 47.5 Å². The van der Waals surface area contributed by atoms with Crippen LogP contribution in [0, 0.1) is 0 Å². The maximum Gasteiger partial charge on any atom is 0.306 e. The Balaban J connectivity index is 1.37. The number of hydrogen-bond donors (Lipinski definition) is 0. The molecule has 6 aromatic rings. The van der Waals surface area contributed by atoms with Gasteiger partial charge >= 0.3 is 5.84 Å². The van der Waals surface area contributed by atoms with Gasteiger partial charge in [-0.3, -0.25) is 4.40 Å². The molecule has 33 heavy (non-hydrogen) atoms. The first-order chi connectivity index (χ1) is 16.3. The zero-order valence-electron chi connectivity index (χ0n) is 17.8. The average Bonchev–Trinajstić information content (AvgIpc) is 3.48. The van der Waals surface area contributed by atoms with Crippen molar-refractivity contribution in [3.63, 3.8) is 0 Å². The van der Waals surface area contributed by atoms with Gasteiger partial charge in [0.25, 0.3) is 0 Å². The fourth-order valence-electron chi connectivity index (χ4n) is 4.02. The molecular formula is C29H20N2O2. The van der Waals surface area contributed by atoms with E-state index in [0.717, 1.165) is 34.0 Å². The topological polar surface area (TPSA) is 39.7 Å². The molecule has 0 spiro atoms. The van der Waals surface area contributed by atoms with E-state index in [0.29, 0.717) is 5.84 Å². The van der Waals surface area contributed by atoms with Crippen molar-refractivity contribution in [3.05, 3.63) is 122 Å². The summed E-state index contributed by atoms with van der Waals surface area (Å²) in [5.74, 6) is 2.15. The second-order valence-corrected chi connectivity index (χ2v) is 7.75. The summed E-state index contributed by atoms with van der Waals surface area (Å²) in [5, 5.41) is 0. The summed E-state index contributed by atoms with van der Waals surface area (Å²) in [7, 11) is 0. The van der Waals surface area contributed by atoms with Crippen molar-refractivity contribution in [2.24, 2.45) is 0 Å². The number of ether oxygens (including phenoxy) is 1. The first-order valence-corrected chi connectivity index (χ1v) is 10.8. The van der Waals surface area contributed by atoms with Gasteiger partial charge in [-0.15, -0.1) is 0 Å². The number of imidazole rings is 1. The molecule has 0 saturated carbocycles. The number of hydrogen-bond acceptors (Lipinski definition) is 3. The van der Waals surface area contributed by atoms with Crippen LogP contribution >= 0.6 is 0 Å². The highest BCUT2D eigenvalue weighted by Gasteiger charge is 2.18.